The molecular formula is C21H28N2O2. The molecule has 2 rings (SSSR count). The largest absolute Gasteiger partial charge is 0.483 e. The van der Waals surface area contributed by atoms with Crippen LogP contribution in [0.4, 0.5) is 0 Å². The van der Waals surface area contributed by atoms with E-state index >= 15 is 0 Å². The Morgan fingerprint density at radius 3 is 2.40 bits per heavy atom. The molecule has 134 valence electrons. The molecular weight excluding hydrogens is 312 g/mol. The summed E-state index contributed by atoms with van der Waals surface area (Å²) in [6.45, 7) is 8.12. The highest BCUT2D eigenvalue weighted by Gasteiger charge is 2.08. The topological polar surface area (TPSA) is 41.6 Å². The SMILES string of the molecule is CCN(CC)CCCNC(=O)COc1ccccc1-c1ccccc1. The van der Waals surface area contributed by atoms with Crippen LogP contribution in [0.5, 0.6) is 5.75 Å². The van der Waals surface area contributed by atoms with Crippen LogP contribution < -0.4 is 10.1 Å². The van der Waals surface area contributed by atoms with Crippen molar-refractivity contribution in [2.45, 2.75) is 20.3 Å². The third-order valence-corrected chi connectivity index (χ3v) is 4.20. The highest BCUT2D eigenvalue weighted by molar-refractivity contribution is 5.78. The maximum Gasteiger partial charge on any atom is 0.257 e. The van der Waals surface area contributed by atoms with Gasteiger partial charge in [-0.05, 0) is 37.7 Å². The first-order valence-corrected chi connectivity index (χ1v) is 9.00. The van der Waals surface area contributed by atoms with E-state index in [2.05, 4.69) is 24.1 Å². The minimum absolute atomic E-state index is 0.0368. The second kappa shape index (κ2) is 10.5. The Morgan fingerprint density at radius 2 is 1.68 bits per heavy atom. The maximum atomic E-state index is 12.0. The van der Waals surface area contributed by atoms with E-state index in [0.717, 1.165) is 42.9 Å². The Morgan fingerprint density at radius 1 is 1.00 bits per heavy atom. The van der Waals surface area contributed by atoms with Crippen LogP contribution in [-0.4, -0.2) is 43.6 Å². The summed E-state index contributed by atoms with van der Waals surface area (Å²) in [5, 5.41) is 2.93. The molecule has 4 nitrogen and oxygen atoms in total. The van der Waals surface area contributed by atoms with E-state index in [9.17, 15) is 4.79 Å². The Kier molecular flexibility index (Phi) is 7.99. The van der Waals surface area contributed by atoms with Gasteiger partial charge < -0.3 is 15.0 Å². The summed E-state index contributed by atoms with van der Waals surface area (Å²) in [5.74, 6) is 0.648. The fourth-order valence-corrected chi connectivity index (χ4v) is 2.71. The fraction of sp³-hybridized carbons (Fsp3) is 0.381. The minimum Gasteiger partial charge on any atom is -0.483 e. The van der Waals surface area contributed by atoms with E-state index < -0.39 is 0 Å². The molecule has 2 aromatic rings. The van der Waals surface area contributed by atoms with Crippen molar-refractivity contribution >= 4 is 5.91 Å². The number of nitrogens with zero attached hydrogens (tertiary/aromatic N) is 1. The molecule has 0 heterocycles. The van der Waals surface area contributed by atoms with Crippen LogP contribution in [0.25, 0.3) is 11.1 Å². The number of para-hydroxylation sites is 1. The van der Waals surface area contributed by atoms with E-state index in [1.807, 2.05) is 54.6 Å². The number of hydrogen-bond donors (Lipinski definition) is 1. The lowest BCUT2D eigenvalue weighted by Gasteiger charge is -2.17. The summed E-state index contributed by atoms with van der Waals surface area (Å²) in [4.78, 5) is 14.3. The summed E-state index contributed by atoms with van der Waals surface area (Å²) >= 11 is 0. The van der Waals surface area contributed by atoms with Crippen LogP contribution in [0, 0.1) is 0 Å². The monoisotopic (exact) mass is 340 g/mol. The van der Waals surface area contributed by atoms with Gasteiger partial charge in [0.15, 0.2) is 6.61 Å². The molecule has 0 unspecified atom stereocenters. The van der Waals surface area contributed by atoms with Gasteiger partial charge in [0.2, 0.25) is 0 Å². The molecule has 0 aliphatic heterocycles. The van der Waals surface area contributed by atoms with Crippen molar-refractivity contribution in [3.05, 3.63) is 54.6 Å². The Bertz CT molecular complexity index is 639. The first-order valence-electron chi connectivity index (χ1n) is 9.00. The van der Waals surface area contributed by atoms with Crippen LogP contribution in [0.1, 0.15) is 20.3 Å². The van der Waals surface area contributed by atoms with Crippen LogP contribution in [0.2, 0.25) is 0 Å². The standard InChI is InChI=1S/C21H28N2O2/c1-3-23(4-2)16-10-15-22-21(24)17-25-20-14-9-8-13-19(20)18-11-6-5-7-12-18/h5-9,11-14H,3-4,10,15-17H2,1-2H3,(H,22,24). The van der Waals surface area contributed by atoms with Crippen molar-refractivity contribution in [1.82, 2.24) is 10.2 Å². The van der Waals surface area contributed by atoms with E-state index in [4.69, 9.17) is 4.74 Å². The highest BCUT2D eigenvalue weighted by Crippen LogP contribution is 2.29. The average Bonchev–Trinajstić information content (AvgIpc) is 2.67. The first kappa shape index (κ1) is 19.0. The Labute approximate surface area is 150 Å². The smallest absolute Gasteiger partial charge is 0.257 e. The van der Waals surface area contributed by atoms with Gasteiger partial charge in [0.1, 0.15) is 5.75 Å². The number of amides is 1. The van der Waals surface area contributed by atoms with Crippen molar-refractivity contribution in [3.8, 4) is 16.9 Å². The van der Waals surface area contributed by atoms with E-state index in [0.29, 0.717) is 6.54 Å². The van der Waals surface area contributed by atoms with Gasteiger partial charge in [-0.2, -0.15) is 0 Å². The zero-order valence-corrected chi connectivity index (χ0v) is 15.2. The van der Waals surface area contributed by atoms with Gasteiger partial charge in [0, 0.05) is 12.1 Å². The second-order valence-electron chi connectivity index (χ2n) is 5.88. The normalized spacial score (nSPS) is 10.7. The van der Waals surface area contributed by atoms with Gasteiger partial charge in [-0.15, -0.1) is 0 Å². The Balaban J connectivity index is 1.81. The summed E-state index contributed by atoms with van der Waals surface area (Å²) in [6.07, 6.45) is 0.952. The molecule has 0 saturated heterocycles. The maximum absolute atomic E-state index is 12.0. The van der Waals surface area contributed by atoms with Gasteiger partial charge in [0.25, 0.3) is 5.91 Å². The summed E-state index contributed by atoms with van der Waals surface area (Å²) < 4.78 is 5.75. The number of ether oxygens (including phenoxy) is 1. The number of nitrogens with one attached hydrogen (secondary N) is 1. The van der Waals surface area contributed by atoms with Gasteiger partial charge in [-0.1, -0.05) is 62.4 Å². The van der Waals surface area contributed by atoms with Gasteiger partial charge >= 0.3 is 0 Å². The van der Waals surface area contributed by atoms with Gasteiger partial charge in [-0.3, -0.25) is 4.79 Å². The molecule has 0 fully saturated rings. The molecule has 0 aliphatic carbocycles. The molecule has 0 aromatic heterocycles. The van der Waals surface area contributed by atoms with Crippen molar-refractivity contribution in [3.63, 3.8) is 0 Å². The lowest BCUT2D eigenvalue weighted by atomic mass is 10.1. The number of carbonyl (C=O) groups is 1. The highest BCUT2D eigenvalue weighted by atomic mass is 16.5. The molecule has 1 N–H and O–H groups in total. The molecule has 1 amide bonds. The first-order chi connectivity index (χ1) is 12.2. The van der Waals surface area contributed by atoms with E-state index in [1.54, 1.807) is 0 Å². The second-order valence-corrected chi connectivity index (χ2v) is 5.88. The van der Waals surface area contributed by atoms with Crippen molar-refractivity contribution in [2.24, 2.45) is 0 Å². The third kappa shape index (κ3) is 6.24. The quantitative estimate of drug-likeness (QED) is 0.672. The van der Waals surface area contributed by atoms with Crippen molar-refractivity contribution < 1.29 is 9.53 Å². The van der Waals surface area contributed by atoms with Gasteiger partial charge in [-0.25, -0.2) is 0 Å². The summed E-state index contributed by atoms with van der Waals surface area (Å²) in [7, 11) is 0. The zero-order chi connectivity index (χ0) is 17.9. The fourth-order valence-electron chi connectivity index (χ4n) is 2.71. The minimum atomic E-state index is -0.0811. The molecule has 0 bridgehead atoms. The summed E-state index contributed by atoms with van der Waals surface area (Å²) in [6, 6.07) is 17.8. The molecule has 25 heavy (non-hydrogen) atoms. The molecule has 0 aliphatic rings. The average molecular weight is 340 g/mol. The van der Waals surface area contributed by atoms with Gasteiger partial charge in [0.05, 0.1) is 0 Å². The number of benzene rings is 2. The van der Waals surface area contributed by atoms with Crippen LogP contribution in [0.15, 0.2) is 54.6 Å². The van der Waals surface area contributed by atoms with Crippen LogP contribution in [0.3, 0.4) is 0 Å². The molecule has 0 radical (unpaired) electrons. The van der Waals surface area contributed by atoms with Crippen molar-refractivity contribution in [1.29, 1.82) is 0 Å². The van der Waals surface area contributed by atoms with E-state index in [1.165, 1.54) is 0 Å². The lowest BCUT2D eigenvalue weighted by molar-refractivity contribution is -0.123. The predicted octanol–water partition coefficient (Wildman–Crippen LogP) is 3.58. The predicted molar refractivity (Wildman–Crippen MR) is 103 cm³/mol. The summed E-state index contributed by atoms with van der Waals surface area (Å²) in [5.41, 5.74) is 2.08. The zero-order valence-electron chi connectivity index (χ0n) is 15.2. The number of carbonyl (C=O) groups excluding carboxylic acids is 1. The van der Waals surface area contributed by atoms with Crippen LogP contribution in [-0.2, 0) is 4.79 Å². The molecule has 0 atom stereocenters. The van der Waals surface area contributed by atoms with Crippen LogP contribution >= 0.6 is 0 Å². The third-order valence-electron chi connectivity index (χ3n) is 4.20. The Hall–Kier alpha value is -2.33. The lowest BCUT2D eigenvalue weighted by Crippen LogP contribution is -2.32. The number of rotatable bonds is 10. The molecule has 0 spiro atoms. The number of hydrogen-bond acceptors (Lipinski definition) is 3. The molecule has 0 saturated carbocycles. The van der Waals surface area contributed by atoms with E-state index in [-0.39, 0.29) is 12.5 Å². The molecule has 4 heteroatoms. The molecule has 2 aromatic carbocycles. The van der Waals surface area contributed by atoms with Crippen molar-refractivity contribution in [2.75, 3.05) is 32.8 Å².